The summed E-state index contributed by atoms with van der Waals surface area (Å²) in [5.41, 5.74) is 0. The molecule has 0 unspecified atom stereocenters. The van der Waals surface area contributed by atoms with E-state index in [1.165, 1.54) is 0 Å². The van der Waals surface area contributed by atoms with Gasteiger partial charge in [0.1, 0.15) is 5.75 Å². The van der Waals surface area contributed by atoms with Crippen LogP contribution >= 0.6 is 0 Å². The van der Waals surface area contributed by atoms with Crippen molar-refractivity contribution < 1.29 is 13.9 Å². The zero-order valence-corrected chi connectivity index (χ0v) is 14.1. The minimum atomic E-state index is 0.0192. The average molecular weight is 329 g/mol. The molecule has 0 radical (unpaired) electrons. The van der Waals surface area contributed by atoms with E-state index in [9.17, 15) is 4.79 Å². The van der Waals surface area contributed by atoms with Gasteiger partial charge in [-0.05, 0) is 25.0 Å². The predicted octanol–water partition coefficient (Wildman–Crippen LogP) is 2.98. The third kappa shape index (κ3) is 3.93. The third-order valence-corrected chi connectivity index (χ3v) is 4.25. The Morgan fingerprint density at radius 2 is 1.96 bits per heavy atom. The highest BCUT2D eigenvalue weighted by molar-refractivity contribution is 5.77. The number of carbonyl (C=O) groups is 1. The number of piperidine rings is 1. The molecule has 0 bridgehead atoms. The van der Waals surface area contributed by atoms with Crippen LogP contribution in [0.2, 0.25) is 0 Å². The van der Waals surface area contributed by atoms with Crippen LogP contribution in [0.3, 0.4) is 0 Å². The molecule has 24 heavy (non-hydrogen) atoms. The van der Waals surface area contributed by atoms with E-state index in [1.807, 2.05) is 49.1 Å². The maximum Gasteiger partial charge on any atom is 0.260 e. The topological polar surface area (TPSA) is 68.5 Å². The van der Waals surface area contributed by atoms with Crippen LogP contribution in [0.15, 0.2) is 34.7 Å². The molecule has 1 saturated heterocycles. The maximum atomic E-state index is 12.3. The smallest absolute Gasteiger partial charge is 0.260 e. The molecule has 1 fully saturated rings. The van der Waals surface area contributed by atoms with Crippen LogP contribution in [0.25, 0.3) is 0 Å². The van der Waals surface area contributed by atoms with Gasteiger partial charge in [0.2, 0.25) is 11.8 Å². The largest absolute Gasteiger partial charge is 0.484 e. The van der Waals surface area contributed by atoms with Crippen LogP contribution in [-0.4, -0.2) is 40.7 Å². The summed E-state index contributed by atoms with van der Waals surface area (Å²) >= 11 is 0. The predicted molar refractivity (Wildman–Crippen MR) is 88.9 cm³/mol. The molecule has 1 aliphatic heterocycles. The first-order chi connectivity index (χ1) is 11.6. The highest BCUT2D eigenvalue weighted by Crippen LogP contribution is 2.28. The van der Waals surface area contributed by atoms with E-state index >= 15 is 0 Å². The number of ether oxygens (including phenoxy) is 1. The fourth-order valence-electron chi connectivity index (χ4n) is 2.77. The van der Waals surface area contributed by atoms with Crippen LogP contribution in [0, 0.1) is 0 Å². The van der Waals surface area contributed by atoms with Gasteiger partial charge in [0.15, 0.2) is 6.61 Å². The van der Waals surface area contributed by atoms with E-state index in [1.54, 1.807) is 0 Å². The van der Waals surface area contributed by atoms with Crippen LogP contribution in [0.5, 0.6) is 5.75 Å². The van der Waals surface area contributed by atoms with Crippen molar-refractivity contribution in [3.63, 3.8) is 0 Å². The second-order valence-corrected chi connectivity index (χ2v) is 6.39. The first-order valence-corrected chi connectivity index (χ1v) is 8.42. The van der Waals surface area contributed by atoms with Gasteiger partial charge in [0, 0.05) is 24.9 Å². The van der Waals surface area contributed by atoms with Gasteiger partial charge in [-0.15, -0.1) is 10.2 Å². The average Bonchev–Trinajstić information content (AvgIpc) is 3.11. The lowest BCUT2D eigenvalue weighted by molar-refractivity contribution is -0.134. The summed E-state index contributed by atoms with van der Waals surface area (Å²) in [6.45, 7) is 5.53. The van der Waals surface area contributed by atoms with E-state index in [-0.39, 0.29) is 24.3 Å². The van der Waals surface area contributed by atoms with E-state index in [2.05, 4.69) is 10.2 Å². The van der Waals surface area contributed by atoms with E-state index in [0.29, 0.717) is 30.6 Å². The quantitative estimate of drug-likeness (QED) is 0.843. The van der Waals surface area contributed by atoms with Crippen LogP contribution in [0.1, 0.15) is 50.3 Å². The Morgan fingerprint density at radius 1 is 1.25 bits per heavy atom. The lowest BCUT2D eigenvalue weighted by Crippen LogP contribution is -2.40. The van der Waals surface area contributed by atoms with Gasteiger partial charge in [-0.25, -0.2) is 0 Å². The Bertz CT molecular complexity index is 661. The van der Waals surface area contributed by atoms with Crippen molar-refractivity contribution >= 4 is 5.91 Å². The van der Waals surface area contributed by atoms with Crippen molar-refractivity contribution in [3.8, 4) is 5.75 Å². The molecule has 6 heteroatoms. The Labute approximate surface area is 141 Å². The van der Waals surface area contributed by atoms with Crippen molar-refractivity contribution in [3.05, 3.63) is 42.1 Å². The van der Waals surface area contributed by atoms with E-state index in [4.69, 9.17) is 9.15 Å². The zero-order valence-electron chi connectivity index (χ0n) is 14.1. The van der Waals surface area contributed by atoms with Crippen molar-refractivity contribution in [2.24, 2.45) is 0 Å². The highest BCUT2D eigenvalue weighted by Gasteiger charge is 2.27. The Hall–Kier alpha value is -2.37. The summed E-state index contributed by atoms with van der Waals surface area (Å²) in [5, 5.41) is 8.25. The molecule has 128 valence electrons. The molecule has 3 rings (SSSR count). The molecule has 0 aliphatic carbocycles. The summed E-state index contributed by atoms with van der Waals surface area (Å²) in [7, 11) is 0. The number of hydrogen-bond donors (Lipinski definition) is 0. The number of hydrogen-bond acceptors (Lipinski definition) is 5. The molecule has 1 aromatic heterocycles. The minimum absolute atomic E-state index is 0.0192. The number of aromatic nitrogens is 2. The molecule has 0 atom stereocenters. The summed E-state index contributed by atoms with van der Waals surface area (Å²) < 4.78 is 11.3. The van der Waals surface area contributed by atoms with Crippen molar-refractivity contribution in [1.82, 2.24) is 15.1 Å². The molecule has 1 aliphatic rings. The van der Waals surface area contributed by atoms with E-state index < -0.39 is 0 Å². The molecule has 6 nitrogen and oxygen atoms in total. The van der Waals surface area contributed by atoms with Gasteiger partial charge >= 0.3 is 0 Å². The van der Waals surface area contributed by atoms with Crippen LogP contribution in [0.4, 0.5) is 0 Å². The normalized spacial score (nSPS) is 15.7. The second kappa shape index (κ2) is 7.47. The van der Waals surface area contributed by atoms with Crippen molar-refractivity contribution in [2.45, 2.75) is 38.5 Å². The molecule has 0 saturated carbocycles. The first-order valence-electron chi connectivity index (χ1n) is 8.42. The second-order valence-electron chi connectivity index (χ2n) is 6.39. The SMILES string of the molecule is CC(C)c1nnc(C2CCN(C(=O)COc3ccccc3)CC2)o1. The lowest BCUT2D eigenvalue weighted by atomic mass is 9.97. The van der Waals surface area contributed by atoms with Crippen molar-refractivity contribution in [2.75, 3.05) is 19.7 Å². The number of likely N-dealkylation sites (tertiary alicyclic amines) is 1. The van der Waals surface area contributed by atoms with Gasteiger partial charge in [-0.2, -0.15) is 0 Å². The molecule has 2 aromatic rings. The van der Waals surface area contributed by atoms with Gasteiger partial charge in [0.05, 0.1) is 0 Å². The monoisotopic (exact) mass is 329 g/mol. The highest BCUT2D eigenvalue weighted by atomic mass is 16.5. The Balaban J connectivity index is 1.48. The number of rotatable bonds is 5. The summed E-state index contributed by atoms with van der Waals surface area (Å²) in [5.74, 6) is 2.59. The van der Waals surface area contributed by atoms with Gasteiger partial charge in [-0.1, -0.05) is 32.0 Å². The van der Waals surface area contributed by atoms with Gasteiger partial charge in [0.25, 0.3) is 5.91 Å². The number of benzene rings is 1. The Kier molecular flexibility index (Phi) is 5.13. The molecule has 1 amide bonds. The molecular formula is C18H23N3O3. The fourth-order valence-corrected chi connectivity index (χ4v) is 2.77. The third-order valence-electron chi connectivity index (χ3n) is 4.25. The number of amides is 1. The van der Waals surface area contributed by atoms with Crippen molar-refractivity contribution in [1.29, 1.82) is 0 Å². The Morgan fingerprint density at radius 3 is 2.58 bits per heavy atom. The van der Waals surface area contributed by atoms with E-state index in [0.717, 1.165) is 12.8 Å². The number of para-hydroxylation sites is 1. The maximum absolute atomic E-state index is 12.3. The van der Waals surface area contributed by atoms with Crippen LogP contribution in [-0.2, 0) is 4.79 Å². The van der Waals surface area contributed by atoms with Gasteiger partial charge < -0.3 is 14.1 Å². The molecule has 1 aromatic carbocycles. The number of carbonyl (C=O) groups excluding carboxylic acids is 1. The lowest BCUT2D eigenvalue weighted by Gasteiger charge is -2.30. The number of nitrogens with zero attached hydrogens (tertiary/aromatic N) is 3. The van der Waals surface area contributed by atoms with Crippen LogP contribution < -0.4 is 4.74 Å². The summed E-state index contributed by atoms with van der Waals surface area (Å²) in [4.78, 5) is 14.1. The van der Waals surface area contributed by atoms with Gasteiger partial charge in [-0.3, -0.25) is 4.79 Å². The first kappa shape index (κ1) is 16.5. The summed E-state index contributed by atoms with van der Waals surface area (Å²) in [6, 6.07) is 9.40. The summed E-state index contributed by atoms with van der Waals surface area (Å²) in [6.07, 6.45) is 1.69. The fraction of sp³-hybridized carbons (Fsp3) is 0.500. The molecular weight excluding hydrogens is 306 g/mol. The molecule has 2 heterocycles. The zero-order chi connectivity index (χ0) is 16.9. The minimum Gasteiger partial charge on any atom is -0.484 e. The molecule has 0 N–H and O–H groups in total. The molecule has 0 spiro atoms. The standard InChI is InChI=1S/C18H23N3O3/c1-13(2)17-19-20-18(24-17)14-8-10-21(11-9-14)16(22)12-23-15-6-4-3-5-7-15/h3-7,13-14H,8-12H2,1-2H3.